The van der Waals surface area contributed by atoms with E-state index in [1.165, 1.54) is 4.90 Å². The molecule has 7 heteroatoms. The fourth-order valence-corrected chi connectivity index (χ4v) is 2.61. The van der Waals surface area contributed by atoms with Crippen molar-refractivity contribution in [2.45, 2.75) is 18.9 Å². The highest BCUT2D eigenvalue weighted by Gasteiger charge is 2.29. The maximum atomic E-state index is 12.1. The van der Waals surface area contributed by atoms with E-state index < -0.39 is 18.1 Å². The number of hydrogen-bond donors (Lipinski definition) is 2. The molecule has 0 saturated carbocycles. The molecule has 2 aliphatic rings. The van der Waals surface area contributed by atoms with Gasteiger partial charge in [0.05, 0.1) is 12.3 Å². The molecule has 2 N–H and O–H groups in total. The third-order valence-corrected chi connectivity index (χ3v) is 3.71. The molecule has 3 rings (SSSR count). The summed E-state index contributed by atoms with van der Waals surface area (Å²) in [5, 5.41) is 11.7. The minimum atomic E-state index is -1.00. The molecule has 0 bridgehead atoms. The van der Waals surface area contributed by atoms with Gasteiger partial charge in [-0.25, -0.2) is 9.59 Å². The number of amides is 2. The standard InChI is InChI=1S/C14H14N2O5/c17-12(15-10-4-6-21-13(10)18)9-1-2-11-8(7-9)3-5-16(11)14(19)20/h1-2,7,10H,3-6H2,(H,15,17)(H,19,20)/t10-/m0/s1. The van der Waals surface area contributed by atoms with Crippen LogP contribution in [-0.4, -0.2) is 42.3 Å². The molecular formula is C14H14N2O5. The minimum Gasteiger partial charge on any atom is -0.465 e. The zero-order chi connectivity index (χ0) is 15.0. The van der Waals surface area contributed by atoms with Crippen LogP contribution >= 0.6 is 0 Å². The highest BCUT2D eigenvalue weighted by atomic mass is 16.5. The van der Waals surface area contributed by atoms with Gasteiger partial charge in [0.25, 0.3) is 5.91 Å². The molecule has 7 nitrogen and oxygen atoms in total. The number of carboxylic acid groups (broad SMARTS) is 1. The number of nitrogens with one attached hydrogen (secondary N) is 1. The highest BCUT2D eigenvalue weighted by Crippen LogP contribution is 2.28. The first-order valence-electron chi connectivity index (χ1n) is 6.67. The van der Waals surface area contributed by atoms with Crippen molar-refractivity contribution in [1.29, 1.82) is 0 Å². The third-order valence-electron chi connectivity index (χ3n) is 3.71. The van der Waals surface area contributed by atoms with Gasteiger partial charge in [-0.1, -0.05) is 0 Å². The van der Waals surface area contributed by atoms with Crippen LogP contribution in [0.25, 0.3) is 0 Å². The van der Waals surface area contributed by atoms with Gasteiger partial charge < -0.3 is 15.2 Å². The summed E-state index contributed by atoms with van der Waals surface area (Å²) >= 11 is 0. The number of carbonyl (C=O) groups excluding carboxylic acids is 2. The Morgan fingerprint density at radius 1 is 1.38 bits per heavy atom. The Bertz CT molecular complexity index is 628. The first-order chi connectivity index (χ1) is 10.1. The maximum Gasteiger partial charge on any atom is 0.411 e. The van der Waals surface area contributed by atoms with Crippen LogP contribution in [-0.2, 0) is 16.0 Å². The van der Waals surface area contributed by atoms with E-state index >= 15 is 0 Å². The van der Waals surface area contributed by atoms with Crippen LogP contribution in [0.15, 0.2) is 18.2 Å². The summed E-state index contributed by atoms with van der Waals surface area (Å²) in [5.74, 6) is -0.767. The monoisotopic (exact) mass is 290 g/mol. The summed E-state index contributed by atoms with van der Waals surface area (Å²) < 4.78 is 4.79. The molecule has 0 aliphatic carbocycles. The molecule has 1 atom stereocenters. The zero-order valence-corrected chi connectivity index (χ0v) is 11.2. The van der Waals surface area contributed by atoms with Gasteiger partial charge in [0, 0.05) is 18.5 Å². The molecule has 2 aliphatic heterocycles. The second kappa shape index (κ2) is 5.08. The number of ether oxygens (including phenoxy) is 1. The second-order valence-electron chi connectivity index (χ2n) is 5.01. The van der Waals surface area contributed by atoms with Crippen molar-refractivity contribution in [3.63, 3.8) is 0 Å². The summed E-state index contributed by atoms with van der Waals surface area (Å²) in [7, 11) is 0. The van der Waals surface area contributed by atoms with Crippen molar-refractivity contribution in [3.05, 3.63) is 29.3 Å². The van der Waals surface area contributed by atoms with Crippen LogP contribution in [0.2, 0.25) is 0 Å². The molecule has 0 radical (unpaired) electrons. The Balaban J connectivity index is 1.77. The molecule has 2 heterocycles. The molecule has 0 spiro atoms. The first-order valence-corrected chi connectivity index (χ1v) is 6.67. The minimum absolute atomic E-state index is 0.321. The Kier molecular flexibility index (Phi) is 3.25. The highest BCUT2D eigenvalue weighted by molar-refractivity contribution is 5.98. The Hall–Kier alpha value is -2.57. The average Bonchev–Trinajstić information content (AvgIpc) is 3.04. The fraction of sp³-hybridized carbons (Fsp3) is 0.357. The molecule has 110 valence electrons. The number of carbonyl (C=O) groups is 3. The van der Waals surface area contributed by atoms with Gasteiger partial charge in [-0.3, -0.25) is 9.69 Å². The average molecular weight is 290 g/mol. The van der Waals surface area contributed by atoms with E-state index in [1.807, 2.05) is 0 Å². The van der Waals surface area contributed by atoms with Crippen LogP contribution < -0.4 is 10.2 Å². The van der Waals surface area contributed by atoms with E-state index in [-0.39, 0.29) is 5.91 Å². The predicted molar refractivity (Wildman–Crippen MR) is 72.3 cm³/mol. The normalized spacial score (nSPS) is 20.1. The van der Waals surface area contributed by atoms with E-state index in [0.29, 0.717) is 37.2 Å². The summed E-state index contributed by atoms with van der Waals surface area (Å²) in [6, 6.07) is 4.27. The number of nitrogens with zero attached hydrogens (tertiary/aromatic N) is 1. The number of hydrogen-bond acceptors (Lipinski definition) is 4. The van der Waals surface area contributed by atoms with Gasteiger partial charge >= 0.3 is 12.1 Å². The van der Waals surface area contributed by atoms with Gasteiger partial charge in [0.2, 0.25) is 0 Å². The number of esters is 1. The number of benzene rings is 1. The largest absolute Gasteiger partial charge is 0.465 e. The Morgan fingerprint density at radius 3 is 2.86 bits per heavy atom. The molecule has 21 heavy (non-hydrogen) atoms. The van der Waals surface area contributed by atoms with Crippen LogP contribution in [0.1, 0.15) is 22.3 Å². The Labute approximate surface area is 120 Å². The summed E-state index contributed by atoms with van der Waals surface area (Å²) in [6.07, 6.45) is 0.0518. The van der Waals surface area contributed by atoms with Gasteiger partial charge in [-0.05, 0) is 30.2 Å². The van der Waals surface area contributed by atoms with E-state index in [0.717, 1.165) is 5.56 Å². The first kappa shape index (κ1) is 13.4. The van der Waals surface area contributed by atoms with Gasteiger partial charge in [0.1, 0.15) is 6.04 Å². The lowest BCUT2D eigenvalue weighted by Gasteiger charge is -2.13. The number of fused-ring (bicyclic) bond motifs is 1. The van der Waals surface area contributed by atoms with Crippen molar-refractivity contribution in [2.75, 3.05) is 18.1 Å². The SMILES string of the molecule is O=C(N[C@H]1CCOC1=O)c1ccc2c(c1)CCN2C(=O)O. The summed E-state index contributed by atoms with van der Waals surface area (Å²) in [5.41, 5.74) is 1.85. The molecule has 2 amide bonds. The van der Waals surface area contributed by atoms with Gasteiger partial charge in [0.15, 0.2) is 0 Å². The number of anilines is 1. The molecule has 1 saturated heterocycles. The van der Waals surface area contributed by atoms with Crippen molar-refractivity contribution >= 4 is 23.7 Å². The van der Waals surface area contributed by atoms with Crippen molar-refractivity contribution in [3.8, 4) is 0 Å². The quantitative estimate of drug-likeness (QED) is 0.784. The van der Waals surface area contributed by atoms with Crippen LogP contribution in [0, 0.1) is 0 Å². The predicted octanol–water partition coefficient (Wildman–Crippen LogP) is 0.772. The zero-order valence-electron chi connectivity index (χ0n) is 11.2. The van der Waals surface area contributed by atoms with Crippen LogP contribution in [0.5, 0.6) is 0 Å². The van der Waals surface area contributed by atoms with Crippen molar-refractivity contribution in [1.82, 2.24) is 5.32 Å². The lowest BCUT2D eigenvalue weighted by molar-refractivity contribution is -0.139. The summed E-state index contributed by atoms with van der Waals surface area (Å²) in [6.45, 7) is 0.715. The Morgan fingerprint density at radius 2 is 2.19 bits per heavy atom. The van der Waals surface area contributed by atoms with Gasteiger partial charge in [-0.15, -0.1) is 0 Å². The third kappa shape index (κ3) is 2.42. The lowest BCUT2D eigenvalue weighted by atomic mass is 10.1. The molecular weight excluding hydrogens is 276 g/mol. The topological polar surface area (TPSA) is 95.9 Å². The maximum absolute atomic E-state index is 12.1. The molecule has 1 aromatic rings. The van der Waals surface area contributed by atoms with E-state index in [4.69, 9.17) is 9.84 Å². The van der Waals surface area contributed by atoms with Crippen molar-refractivity contribution < 1.29 is 24.2 Å². The molecule has 0 unspecified atom stereocenters. The molecule has 1 aromatic carbocycles. The van der Waals surface area contributed by atoms with E-state index in [2.05, 4.69) is 5.32 Å². The number of rotatable bonds is 2. The van der Waals surface area contributed by atoms with Crippen molar-refractivity contribution in [2.24, 2.45) is 0 Å². The fourth-order valence-electron chi connectivity index (χ4n) is 2.61. The smallest absolute Gasteiger partial charge is 0.411 e. The second-order valence-corrected chi connectivity index (χ2v) is 5.01. The van der Waals surface area contributed by atoms with Crippen LogP contribution in [0.3, 0.4) is 0 Å². The molecule has 1 fully saturated rings. The van der Waals surface area contributed by atoms with Gasteiger partial charge in [-0.2, -0.15) is 0 Å². The van der Waals surface area contributed by atoms with E-state index in [9.17, 15) is 14.4 Å². The lowest BCUT2D eigenvalue weighted by Crippen LogP contribution is -2.37. The molecule has 0 aromatic heterocycles. The summed E-state index contributed by atoms with van der Waals surface area (Å²) in [4.78, 5) is 35.7. The van der Waals surface area contributed by atoms with E-state index in [1.54, 1.807) is 18.2 Å². The van der Waals surface area contributed by atoms with Crippen LogP contribution in [0.4, 0.5) is 10.5 Å². The number of cyclic esters (lactones) is 1.